The Morgan fingerprint density at radius 3 is 2.54 bits per heavy atom. The lowest BCUT2D eigenvalue weighted by Gasteiger charge is -2.22. The van der Waals surface area contributed by atoms with Gasteiger partial charge < -0.3 is 9.47 Å². The highest BCUT2D eigenvalue weighted by molar-refractivity contribution is 9.11. The van der Waals surface area contributed by atoms with E-state index in [2.05, 4.69) is 67.2 Å². The second kappa shape index (κ2) is 10.8. The first kappa shape index (κ1) is 25.5. The molecule has 1 unspecified atom stereocenters. The predicted octanol–water partition coefficient (Wildman–Crippen LogP) is 7.68. The minimum Gasteiger partial charge on any atom is -0.497 e. The van der Waals surface area contributed by atoms with E-state index in [-0.39, 0.29) is 18.6 Å². The summed E-state index contributed by atoms with van der Waals surface area (Å²) < 4.78 is 13.0. The summed E-state index contributed by atoms with van der Waals surface area (Å²) in [6.45, 7) is -0.187. The molecule has 0 saturated carbocycles. The number of hydrogen-bond donors (Lipinski definition) is 0. The molecule has 5 aromatic rings. The molecule has 1 amide bonds. The van der Waals surface area contributed by atoms with Crippen molar-refractivity contribution in [2.45, 2.75) is 12.5 Å². The van der Waals surface area contributed by atoms with Crippen LogP contribution in [0.2, 0.25) is 0 Å². The predicted molar refractivity (Wildman–Crippen MR) is 160 cm³/mol. The lowest BCUT2D eigenvalue weighted by Crippen LogP contribution is -2.31. The summed E-state index contributed by atoms with van der Waals surface area (Å²) in [5.74, 6) is 1.03. The fraction of sp³-hybridized carbons (Fsp3) is 0.129. The molecule has 1 aliphatic heterocycles. The van der Waals surface area contributed by atoms with Gasteiger partial charge in [0.05, 0.1) is 23.3 Å². The molecule has 0 fully saturated rings. The van der Waals surface area contributed by atoms with Crippen molar-refractivity contribution in [3.05, 3.63) is 111 Å². The van der Waals surface area contributed by atoms with Gasteiger partial charge in [-0.15, -0.1) is 0 Å². The molecule has 0 radical (unpaired) electrons. The van der Waals surface area contributed by atoms with Gasteiger partial charge in [0.2, 0.25) is 0 Å². The minimum atomic E-state index is -0.267. The van der Waals surface area contributed by atoms with Crippen LogP contribution < -0.4 is 9.47 Å². The fourth-order valence-electron chi connectivity index (χ4n) is 4.85. The maximum Gasteiger partial charge on any atom is 0.281 e. The van der Waals surface area contributed by atoms with E-state index in [9.17, 15) is 4.79 Å². The van der Waals surface area contributed by atoms with E-state index in [1.807, 2.05) is 54.6 Å². The van der Waals surface area contributed by atoms with Crippen LogP contribution in [0.1, 0.15) is 23.6 Å². The second-order valence-electron chi connectivity index (χ2n) is 9.20. The van der Waals surface area contributed by atoms with E-state index < -0.39 is 0 Å². The number of amides is 1. The Morgan fingerprint density at radius 1 is 0.949 bits per heavy atom. The molecular weight excluding hydrogens is 622 g/mol. The van der Waals surface area contributed by atoms with Gasteiger partial charge in [0.15, 0.2) is 12.4 Å². The van der Waals surface area contributed by atoms with E-state index in [4.69, 9.17) is 14.6 Å². The lowest BCUT2D eigenvalue weighted by molar-refractivity contribution is -0.135. The minimum absolute atomic E-state index is 0.187. The van der Waals surface area contributed by atoms with E-state index in [1.54, 1.807) is 18.3 Å². The molecule has 1 atom stereocenters. The summed E-state index contributed by atoms with van der Waals surface area (Å²) >= 11 is 7.14. The number of fused-ring (bicyclic) bond motifs is 2. The van der Waals surface area contributed by atoms with E-state index in [0.29, 0.717) is 22.2 Å². The van der Waals surface area contributed by atoms with E-state index in [1.165, 1.54) is 0 Å². The average Bonchev–Trinajstić information content (AvgIpc) is 3.42. The summed E-state index contributed by atoms with van der Waals surface area (Å²) in [5.41, 5.74) is 3.49. The van der Waals surface area contributed by atoms with Gasteiger partial charge in [-0.05, 0) is 68.2 Å². The van der Waals surface area contributed by atoms with Crippen LogP contribution in [0, 0.1) is 0 Å². The van der Waals surface area contributed by atoms with Crippen molar-refractivity contribution in [3.63, 3.8) is 0 Å². The molecular formula is C31H23Br2N3O3. The van der Waals surface area contributed by atoms with Gasteiger partial charge in [-0.3, -0.25) is 9.78 Å². The van der Waals surface area contributed by atoms with E-state index in [0.717, 1.165) is 43.2 Å². The van der Waals surface area contributed by atoms with Crippen molar-refractivity contribution in [1.29, 1.82) is 0 Å². The summed E-state index contributed by atoms with van der Waals surface area (Å²) in [7, 11) is 1.64. The van der Waals surface area contributed by atoms with Crippen LogP contribution in [-0.2, 0) is 4.79 Å². The quantitative estimate of drug-likeness (QED) is 0.190. The first-order valence-corrected chi connectivity index (χ1v) is 14.0. The number of pyridine rings is 1. The number of carbonyl (C=O) groups is 1. The standard InChI is InChI=1S/C31H23Br2N3O3/c1-38-23-12-10-20(11-13-23)28-17-27(22-9-8-19-5-2-3-6-21(19)15-22)35-36(28)29(37)18-39-31-26(33)16-25(32)24-7-4-14-34-30(24)31/h2-16,28H,17-18H2,1H3. The molecule has 0 bridgehead atoms. The Balaban J connectivity index is 1.32. The number of carbonyl (C=O) groups excluding carboxylic acids is 1. The molecule has 0 aliphatic carbocycles. The highest BCUT2D eigenvalue weighted by atomic mass is 79.9. The van der Waals surface area contributed by atoms with Crippen LogP contribution in [0.25, 0.3) is 21.7 Å². The molecule has 4 aromatic carbocycles. The van der Waals surface area contributed by atoms with Crippen LogP contribution in [0.15, 0.2) is 105 Å². The third kappa shape index (κ3) is 5.02. The zero-order valence-corrected chi connectivity index (χ0v) is 24.1. The monoisotopic (exact) mass is 643 g/mol. The largest absolute Gasteiger partial charge is 0.497 e. The van der Waals surface area contributed by atoms with Crippen molar-refractivity contribution in [2.75, 3.05) is 13.7 Å². The third-order valence-electron chi connectivity index (χ3n) is 6.84. The molecule has 0 saturated heterocycles. The maximum absolute atomic E-state index is 13.7. The van der Waals surface area contributed by atoms with Gasteiger partial charge in [0.1, 0.15) is 11.3 Å². The average molecular weight is 645 g/mol. The highest BCUT2D eigenvalue weighted by Gasteiger charge is 2.33. The van der Waals surface area contributed by atoms with Gasteiger partial charge in [0, 0.05) is 22.5 Å². The Kier molecular flexibility index (Phi) is 7.06. The molecule has 194 valence electrons. The Labute approximate surface area is 242 Å². The van der Waals surface area contributed by atoms with E-state index >= 15 is 0 Å². The van der Waals surface area contributed by atoms with Crippen molar-refractivity contribution in [1.82, 2.24) is 9.99 Å². The Hall–Kier alpha value is -3.75. The molecule has 1 aromatic heterocycles. The molecule has 39 heavy (non-hydrogen) atoms. The topological polar surface area (TPSA) is 64.0 Å². The Bertz CT molecular complexity index is 1740. The van der Waals surface area contributed by atoms with Crippen LogP contribution in [0.4, 0.5) is 0 Å². The van der Waals surface area contributed by atoms with Gasteiger partial charge >= 0.3 is 0 Å². The number of methoxy groups -OCH3 is 1. The van der Waals surface area contributed by atoms with Crippen LogP contribution in [0.3, 0.4) is 0 Å². The zero-order valence-electron chi connectivity index (χ0n) is 21.0. The molecule has 0 spiro atoms. The number of ether oxygens (including phenoxy) is 2. The molecule has 0 N–H and O–H groups in total. The number of aromatic nitrogens is 1. The summed E-state index contributed by atoms with van der Waals surface area (Å²) in [4.78, 5) is 18.1. The van der Waals surface area contributed by atoms with Crippen LogP contribution in [0.5, 0.6) is 11.5 Å². The second-order valence-corrected chi connectivity index (χ2v) is 10.9. The molecule has 6 nitrogen and oxygen atoms in total. The molecule has 8 heteroatoms. The summed E-state index contributed by atoms with van der Waals surface area (Å²) in [6, 6.07) is 27.7. The van der Waals surface area contributed by atoms with Crippen LogP contribution >= 0.6 is 31.9 Å². The number of rotatable bonds is 6. The van der Waals surface area contributed by atoms with Gasteiger partial charge in [-0.25, -0.2) is 5.01 Å². The number of hydrazone groups is 1. The van der Waals surface area contributed by atoms with Crippen LogP contribution in [-0.4, -0.2) is 35.3 Å². The van der Waals surface area contributed by atoms with Gasteiger partial charge in [0.25, 0.3) is 5.91 Å². The lowest BCUT2D eigenvalue weighted by atomic mass is 9.97. The fourth-order valence-corrected chi connectivity index (χ4v) is 6.24. The molecule has 1 aliphatic rings. The number of benzene rings is 4. The normalized spacial score (nSPS) is 15.0. The number of hydrogen-bond acceptors (Lipinski definition) is 5. The van der Waals surface area contributed by atoms with Crippen molar-refractivity contribution < 1.29 is 14.3 Å². The number of halogens is 2. The smallest absolute Gasteiger partial charge is 0.281 e. The zero-order chi connectivity index (χ0) is 26.9. The van der Waals surface area contributed by atoms with Crippen molar-refractivity contribution >= 4 is 65.2 Å². The summed E-state index contributed by atoms with van der Waals surface area (Å²) in [5, 5.41) is 9.57. The highest BCUT2D eigenvalue weighted by Crippen LogP contribution is 2.38. The van der Waals surface area contributed by atoms with Gasteiger partial charge in [-0.1, -0.05) is 70.5 Å². The maximum atomic E-state index is 13.7. The van der Waals surface area contributed by atoms with Crippen molar-refractivity contribution in [2.24, 2.45) is 5.10 Å². The molecule has 6 rings (SSSR count). The first-order chi connectivity index (χ1) is 19.0. The SMILES string of the molecule is COc1ccc(C2CC(c3ccc4ccccc4c3)=NN2C(=O)COc2c(Br)cc(Br)c3cccnc23)cc1. The third-order valence-corrected chi connectivity index (χ3v) is 8.08. The van der Waals surface area contributed by atoms with Crippen molar-refractivity contribution in [3.8, 4) is 11.5 Å². The van der Waals surface area contributed by atoms with Gasteiger partial charge in [-0.2, -0.15) is 5.10 Å². The molecule has 2 heterocycles. The Morgan fingerprint density at radius 2 is 1.74 bits per heavy atom. The summed E-state index contributed by atoms with van der Waals surface area (Å²) in [6.07, 6.45) is 2.29. The number of nitrogens with zero attached hydrogens (tertiary/aromatic N) is 3. The first-order valence-electron chi connectivity index (χ1n) is 12.4.